The van der Waals surface area contributed by atoms with Crippen molar-refractivity contribution in [2.75, 3.05) is 39.5 Å². The van der Waals surface area contributed by atoms with Gasteiger partial charge in [0.15, 0.2) is 0 Å². The zero-order chi connectivity index (χ0) is 14.8. The second-order valence-corrected chi connectivity index (χ2v) is 5.21. The lowest BCUT2D eigenvalue weighted by Gasteiger charge is -2.10. The quantitative estimate of drug-likeness (QED) is 0.676. The normalized spacial score (nSPS) is 16.8. The molecule has 0 saturated carbocycles. The molecule has 22 heavy (non-hydrogen) atoms. The van der Waals surface area contributed by atoms with Crippen molar-refractivity contribution in [3.05, 3.63) is 30.3 Å². The lowest BCUT2D eigenvalue weighted by atomic mass is 10.1. The van der Waals surface area contributed by atoms with Crippen molar-refractivity contribution in [2.24, 2.45) is 5.92 Å². The van der Waals surface area contributed by atoms with Crippen LogP contribution in [0.15, 0.2) is 30.3 Å². The van der Waals surface area contributed by atoms with E-state index in [4.69, 9.17) is 9.47 Å². The third-order valence-corrected chi connectivity index (χ3v) is 3.51. The average Bonchev–Trinajstić information content (AvgIpc) is 3.01. The molecule has 0 aromatic heterocycles. The molecule has 1 amide bonds. The Bertz CT molecular complexity index is 411. The second kappa shape index (κ2) is 11.3. The molecule has 1 aromatic rings. The molecule has 1 aliphatic rings. The number of halogens is 1. The van der Waals surface area contributed by atoms with E-state index in [1.54, 1.807) is 0 Å². The third-order valence-electron chi connectivity index (χ3n) is 3.51. The highest BCUT2D eigenvalue weighted by molar-refractivity contribution is 5.85. The van der Waals surface area contributed by atoms with Gasteiger partial charge in [0.2, 0.25) is 5.91 Å². The lowest BCUT2D eigenvalue weighted by Crippen LogP contribution is -2.30. The Morgan fingerprint density at radius 3 is 2.82 bits per heavy atom. The molecule has 1 atom stereocenters. The van der Waals surface area contributed by atoms with Crippen molar-refractivity contribution in [3.8, 4) is 5.75 Å². The van der Waals surface area contributed by atoms with E-state index in [0.29, 0.717) is 19.1 Å². The van der Waals surface area contributed by atoms with Crippen molar-refractivity contribution in [1.29, 1.82) is 0 Å². The first-order valence-corrected chi connectivity index (χ1v) is 7.57. The summed E-state index contributed by atoms with van der Waals surface area (Å²) in [4.78, 5) is 11.6. The predicted molar refractivity (Wildman–Crippen MR) is 88.6 cm³/mol. The molecule has 1 aliphatic heterocycles. The van der Waals surface area contributed by atoms with E-state index in [0.717, 1.165) is 31.8 Å². The fourth-order valence-corrected chi connectivity index (χ4v) is 2.33. The number of amides is 1. The van der Waals surface area contributed by atoms with Crippen molar-refractivity contribution in [3.63, 3.8) is 0 Å². The topological polar surface area (TPSA) is 59.6 Å². The van der Waals surface area contributed by atoms with E-state index in [1.807, 2.05) is 30.3 Å². The Balaban J connectivity index is 0.00000242. The van der Waals surface area contributed by atoms with Gasteiger partial charge in [-0.15, -0.1) is 12.4 Å². The number of ether oxygens (including phenoxy) is 2. The summed E-state index contributed by atoms with van der Waals surface area (Å²) in [6, 6.07) is 9.57. The molecule has 0 aliphatic carbocycles. The van der Waals surface area contributed by atoms with Gasteiger partial charge in [-0.1, -0.05) is 18.2 Å². The highest BCUT2D eigenvalue weighted by atomic mass is 35.5. The molecule has 1 aromatic carbocycles. The smallest absolute Gasteiger partial charge is 0.246 e. The maximum Gasteiger partial charge on any atom is 0.246 e. The summed E-state index contributed by atoms with van der Waals surface area (Å²) in [6.45, 7) is 3.86. The van der Waals surface area contributed by atoms with Gasteiger partial charge in [-0.05, 0) is 44.0 Å². The highest BCUT2D eigenvalue weighted by Gasteiger charge is 2.13. The molecule has 1 unspecified atom stereocenters. The fraction of sp³-hybridized carbons (Fsp3) is 0.562. The van der Waals surface area contributed by atoms with Crippen molar-refractivity contribution >= 4 is 18.3 Å². The maximum absolute atomic E-state index is 11.6. The minimum absolute atomic E-state index is 0. The first kappa shape index (κ1) is 18.7. The molecule has 2 N–H and O–H groups in total. The number of hydrogen-bond acceptors (Lipinski definition) is 4. The van der Waals surface area contributed by atoms with Crippen LogP contribution in [0.25, 0.3) is 0 Å². The van der Waals surface area contributed by atoms with Crippen LogP contribution in [0.5, 0.6) is 5.75 Å². The standard InChI is InChI=1S/C16H24N2O3.ClH/c19-16(18-9-7-14-6-8-17-12-14)13-20-10-11-21-15-4-2-1-3-5-15;/h1-5,14,17H,6-13H2,(H,18,19);1H. The van der Waals surface area contributed by atoms with E-state index in [2.05, 4.69) is 10.6 Å². The minimum Gasteiger partial charge on any atom is -0.491 e. The molecule has 0 spiro atoms. The fourth-order valence-electron chi connectivity index (χ4n) is 2.33. The monoisotopic (exact) mass is 328 g/mol. The van der Waals surface area contributed by atoms with E-state index in [-0.39, 0.29) is 24.9 Å². The molecule has 2 rings (SSSR count). The van der Waals surface area contributed by atoms with Gasteiger partial charge in [0.05, 0.1) is 6.61 Å². The van der Waals surface area contributed by atoms with Crippen LogP contribution in [0.2, 0.25) is 0 Å². The van der Waals surface area contributed by atoms with Gasteiger partial charge < -0.3 is 20.1 Å². The van der Waals surface area contributed by atoms with E-state index in [1.165, 1.54) is 6.42 Å². The summed E-state index contributed by atoms with van der Waals surface area (Å²) in [5.74, 6) is 1.46. The van der Waals surface area contributed by atoms with Crippen LogP contribution in [0.1, 0.15) is 12.8 Å². The van der Waals surface area contributed by atoms with Crippen LogP contribution in [-0.2, 0) is 9.53 Å². The van der Waals surface area contributed by atoms with Crippen LogP contribution in [-0.4, -0.2) is 45.4 Å². The van der Waals surface area contributed by atoms with E-state index >= 15 is 0 Å². The first-order chi connectivity index (χ1) is 10.3. The number of rotatable bonds is 9. The summed E-state index contributed by atoms with van der Waals surface area (Å²) in [5, 5.41) is 6.21. The number of nitrogens with one attached hydrogen (secondary N) is 2. The largest absolute Gasteiger partial charge is 0.491 e. The third kappa shape index (κ3) is 7.64. The Hall–Kier alpha value is -1.30. The van der Waals surface area contributed by atoms with Gasteiger partial charge in [-0.25, -0.2) is 0 Å². The zero-order valence-electron chi connectivity index (χ0n) is 12.8. The van der Waals surface area contributed by atoms with Crippen molar-refractivity contribution < 1.29 is 14.3 Å². The summed E-state index contributed by atoms with van der Waals surface area (Å²) in [5.41, 5.74) is 0. The van der Waals surface area contributed by atoms with Crippen LogP contribution in [0.4, 0.5) is 0 Å². The molecule has 1 fully saturated rings. The number of benzene rings is 1. The number of hydrogen-bond donors (Lipinski definition) is 2. The Morgan fingerprint density at radius 1 is 1.27 bits per heavy atom. The van der Waals surface area contributed by atoms with Gasteiger partial charge in [0.1, 0.15) is 19.0 Å². The van der Waals surface area contributed by atoms with Crippen molar-refractivity contribution in [2.45, 2.75) is 12.8 Å². The van der Waals surface area contributed by atoms with Gasteiger partial charge >= 0.3 is 0 Å². The van der Waals surface area contributed by atoms with Crippen LogP contribution in [0, 0.1) is 5.92 Å². The molecular weight excluding hydrogens is 304 g/mol. The van der Waals surface area contributed by atoms with E-state index in [9.17, 15) is 4.79 Å². The molecule has 1 heterocycles. The second-order valence-electron chi connectivity index (χ2n) is 5.21. The van der Waals surface area contributed by atoms with Crippen molar-refractivity contribution in [1.82, 2.24) is 10.6 Å². The van der Waals surface area contributed by atoms with Gasteiger partial charge in [-0.2, -0.15) is 0 Å². The number of carbonyl (C=O) groups excluding carboxylic acids is 1. The highest BCUT2D eigenvalue weighted by Crippen LogP contribution is 2.10. The summed E-state index contributed by atoms with van der Waals surface area (Å²) >= 11 is 0. The lowest BCUT2D eigenvalue weighted by molar-refractivity contribution is -0.125. The Labute approximate surface area is 138 Å². The molecule has 5 nitrogen and oxygen atoms in total. The number of carbonyl (C=O) groups is 1. The SMILES string of the molecule is Cl.O=C(COCCOc1ccccc1)NCCC1CCNC1. The molecule has 1 saturated heterocycles. The minimum atomic E-state index is -0.0549. The molecular formula is C16H25ClN2O3. The average molecular weight is 329 g/mol. The summed E-state index contributed by atoms with van der Waals surface area (Å²) in [7, 11) is 0. The van der Waals surface area contributed by atoms with Gasteiger partial charge in [-0.3, -0.25) is 4.79 Å². The number of para-hydroxylation sites is 1. The van der Waals surface area contributed by atoms with Gasteiger partial charge in [0.25, 0.3) is 0 Å². The predicted octanol–water partition coefficient (Wildman–Crippen LogP) is 1.62. The molecule has 0 bridgehead atoms. The summed E-state index contributed by atoms with van der Waals surface area (Å²) < 4.78 is 10.8. The van der Waals surface area contributed by atoms with E-state index < -0.39 is 0 Å². The molecule has 0 radical (unpaired) electrons. The van der Waals surface area contributed by atoms with Crippen LogP contribution < -0.4 is 15.4 Å². The maximum atomic E-state index is 11.6. The first-order valence-electron chi connectivity index (χ1n) is 7.57. The van der Waals surface area contributed by atoms with Crippen LogP contribution in [0.3, 0.4) is 0 Å². The molecule has 124 valence electrons. The molecule has 6 heteroatoms. The zero-order valence-corrected chi connectivity index (χ0v) is 13.6. The Morgan fingerprint density at radius 2 is 2.09 bits per heavy atom. The van der Waals surface area contributed by atoms with Crippen LogP contribution >= 0.6 is 12.4 Å². The summed E-state index contributed by atoms with van der Waals surface area (Å²) in [6.07, 6.45) is 2.25. The Kier molecular flexibility index (Phi) is 9.62. The van der Waals surface area contributed by atoms with Gasteiger partial charge in [0, 0.05) is 6.54 Å².